The summed E-state index contributed by atoms with van der Waals surface area (Å²) in [6, 6.07) is 24.9. The molecule has 118 valence electrons. The molecule has 1 aliphatic heterocycles. The van der Waals surface area contributed by atoms with Crippen molar-refractivity contribution in [2.24, 2.45) is 5.73 Å². The van der Waals surface area contributed by atoms with Gasteiger partial charge in [-0.25, -0.2) is 0 Å². The van der Waals surface area contributed by atoms with E-state index in [4.69, 9.17) is 5.73 Å². The van der Waals surface area contributed by atoms with Gasteiger partial charge in [-0.15, -0.1) is 0 Å². The first-order chi connectivity index (χ1) is 11.8. The lowest BCUT2D eigenvalue weighted by atomic mass is 9.99. The van der Waals surface area contributed by atoms with E-state index >= 15 is 0 Å². The third-order valence-electron chi connectivity index (χ3n) is 4.24. The summed E-state index contributed by atoms with van der Waals surface area (Å²) in [5.74, 6) is 0.853. The molecule has 4 N–H and O–H groups in total. The summed E-state index contributed by atoms with van der Waals surface area (Å²) in [5, 5.41) is 9.21. The van der Waals surface area contributed by atoms with Crippen LogP contribution >= 0.6 is 0 Å². The van der Waals surface area contributed by atoms with Crippen molar-refractivity contribution in [3.8, 4) is 0 Å². The molecule has 0 aliphatic carbocycles. The molecule has 0 fully saturated rings. The van der Waals surface area contributed by atoms with Gasteiger partial charge in [-0.05, 0) is 46.2 Å². The summed E-state index contributed by atoms with van der Waals surface area (Å²) in [6.07, 6.45) is 2.05. The van der Waals surface area contributed by atoms with Crippen LogP contribution in [0.4, 0.5) is 5.69 Å². The van der Waals surface area contributed by atoms with Gasteiger partial charge in [-0.1, -0.05) is 54.6 Å². The van der Waals surface area contributed by atoms with Gasteiger partial charge in [0.2, 0.25) is 0 Å². The highest BCUT2D eigenvalue weighted by Crippen LogP contribution is 2.24. The standard InChI is InChI=1S/C21H19N3/c22-20-13-18(14-23-21(20)24-19-8-2-1-3-9-19)17-11-10-15-6-4-5-7-16(15)12-17/h1-13,23-24H,14,22H2. The highest BCUT2D eigenvalue weighted by molar-refractivity contribution is 5.87. The number of anilines is 1. The van der Waals surface area contributed by atoms with Gasteiger partial charge in [0.1, 0.15) is 5.82 Å². The molecule has 0 saturated carbocycles. The van der Waals surface area contributed by atoms with Crippen LogP contribution in [-0.2, 0) is 0 Å². The molecule has 0 unspecified atom stereocenters. The molecule has 0 amide bonds. The van der Waals surface area contributed by atoms with E-state index in [0.717, 1.165) is 18.1 Å². The normalized spacial score (nSPS) is 14.2. The lowest BCUT2D eigenvalue weighted by Crippen LogP contribution is -2.29. The van der Waals surface area contributed by atoms with Gasteiger partial charge in [0.15, 0.2) is 0 Å². The second-order valence-corrected chi connectivity index (χ2v) is 5.91. The molecule has 3 aromatic carbocycles. The Morgan fingerprint density at radius 1 is 0.833 bits per heavy atom. The molecule has 0 aromatic heterocycles. The first kappa shape index (κ1) is 14.4. The molecule has 1 heterocycles. The van der Waals surface area contributed by atoms with Gasteiger partial charge >= 0.3 is 0 Å². The number of benzene rings is 3. The van der Waals surface area contributed by atoms with Gasteiger partial charge in [-0.2, -0.15) is 0 Å². The van der Waals surface area contributed by atoms with Gasteiger partial charge in [0.05, 0.1) is 5.70 Å². The lowest BCUT2D eigenvalue weighted by Gasteiger charge is -2.22. The molecule has 0 saturated heterocycles. The zero-order valence-corrected chi connectivity index (χ0v) is 13.3. The maximum Gasteiger partial charge on any atom is 0.127 e. The minimum absolute atomic E-state index is 0.716. The minimum atomic E-state index is 0.716. The van der Waals surface area contributed by atoms with Gasteiger partial charge in [-0.3, -0.25) is 0 Å². The van der Waals surface area contributed by atoms with Crippen molar-refractivity contribution in [2.75, 3.05) is 11.9 Å². The van der Waals surface area contributed by atoms with E-state index in [1.165, 1.54) is 21.9 Å². The molecule has 1 aliphatic rings. The van der Waals surface area contributed by atoms with Crippen LogP contribution in [-0.4, -0.2) is 6.54 Å². The van der Waals surface area contributed by atoms with Crippen LogP contribution in [0.15, 0.2) is 90.4 Å². The van der Waals surface area contributed by atoms with Crippen molar-refractivity contribution in [1.29, 1.82) is 0 Å². The molecule has 0 bridgehead atoms. The van der Waals surface area contributed by atoms with Crippen LogP contribution in [0.3, 0.4) is 0 Å². The number of fused-ring (bicyclic) bond motifs is 1. The molecular formula is C21H19N3. The zero-order chi connectivity index (χ0) is 16.4. The molecule has 4 rings (SSSR count). The average Bonchev–Trinajstić information content (AvgIpc) is 2.64. The van der Waals surface area contributed by atoms with Crippen LogP contribution in [0.1, 0.15) is 5.56 Å². The van der Waals surface area contributed by atoms with E-state index in [1.54, 1.807) is 0 Å². The summed E-state index contributed by atoms with van der Waals surface area (Å²) >= 11 is 0. The number of rotatable bonds is 3. The predicted octanol–water partition coefficient (Wildman–Crippen LogP) is 4.07. The quantitative estimate of drug-likeness (QED) is 0.683. The molecule has 3 nitrogen and oxygen atoms in total. The summed E-state index contributed by atoms with van der Waals surface area (Å²) in [4.78, 5) is 0. The smallest absolute Gasteiger partial charge is 0.127 e. The number of hydrogen-bond donors (Lipinski definition) is 3. The SMILES string of the molecule is NC1=C(Nc2ccccc2)NCC(c2ccc3ccccc3c2)=C1. The van der Waals surface area contributed by atoms with Crippen molar-refractivity contribution in [3.05, 3.63) is 96.0 Å². The van der Waals surface area contributed by atoms with E-state index in [0.29, 0.717) is 5.70 Å². The van der Waals surface area contributed by atoms with Crippen LogP contribution in [0.2, 0.25) is 0 Å². The fourth-order valence-electron chi connectivity index (χ4n) is 2.95. The number of para-hydroxylation sites is 1. The van der Waals surface area contributed by atoms with Gasteiger partial charge < -0.3 is 16.4 Å². The first-order valence-corrected chi connectivity index (χ1v) is 8.05. The second kappa shape index (κ2) is 6.13. The fraction of sp³-hybridized carbons (Fsp3) is 0.0476. The lowest BCUT2D eigenvalue weighted by molar-refractivity contribution is 0.885. The minimum Gasteiger partial charge on any atom is -0.396 e. The van der Waals surface area contributed by atoms with E-state index in [9.17, 15) is 0 Å². The Morgan fingerprint density at radius 3 is 2.38 bits per heavy atom. The Hall–Kier alpha value is -3.20. The Morgan fingerprint density at radius 2 is 1.58 bits per heavy atom. The highest BCUT2D eigenvalue weighted by Gasteiger charge is 2.12. The molecule has 0 atom stereocenters. The maximum absolute atomic E-state index is 6.25. The predicted molar refractivity (Wildman–Crippen MR) is 101 cm³/mol. The van der Waals surface area contributed by atoms with E-state index in [1.807, 2.05) is 36.4 Å². The summed E-state index contributed by atoms with van der Waals surface area (Å²) < 4.78 is 0. The molecule has 0 radical (unpaired) electrons. The number of nitrogens with two attached hydrogens (primary N) is 1. The van der Waals surface area contributed by atoms with Crippen LogP contribution in [0, 0.1) is 0 Å². The van der Waals surface area contributed by atoms with Crippen molar-refractivity contribution >= 4 is 22.0 Å². The third-order valence-corrected chi connectivity index (χ3v) is 4.24. The van der Waals surface area contributed by atoms with Crippen molar-refractivity contribution in [3.63, 3.8) is 0 Å². The number of dihydropyridines is 1. The van der Waals surface area contributed by atoms with Crippen LogP contribution in [0.25, 0.3) is 16.3 Å². The van der Waals surface area contributed by atoms with Gasteiger partial charge in [0, 0.05) is 12.2 Å². The fourth-order valence-corrected chi connectivity index (χ4v) is 2.95. The number of hydrogen-bond acceptors (Lipinski definition) is 3. The maximum atomic E-state index is 6.25. The Kier molecular flexibility index (Phi) is 3.67. The molecule has 3 aromatic rings. The molecule has 24 heavy (non-hydrogen) atoms. The summed E-state index contributed by atoms with van der Waals surface area (Å²) in [7, 11) is 0. The van der Waals surface area contributed by atoms with Crippen molar-refractivity contribution in [1.82, 2.24) is 5.32 Å². The summed E-state index contributed by atoms with van der Waals surface area (Å²) in [6.45, 7) is 0.744. The largest absolute Gasteiger partial charge is 0.396 e. The van der Waals surface area contributed by atoms with Crippen molar-refractivity contribution in [2.45, 2.75) is 0 Å². The molecule has 3 heteroatoms. The number of allylic oxidation sites excluding steroid dienone is 1. The Balaban J connectivity index is 1.63. The van der Waals surface area contributed by atoms with Crippen molar-refractivity contribution < 1.29 is 0 Å². The summed E-state index contributed by atoms with van der Waals surface area (Å²) in [5.41, 5.74) is 10.4. The molecule has 0 spiro atoms. The second-order valence-electron chi connectivity index (χ2n) is 5.91. The number of nitrogens with one attached hydrogen (secondary N) is 2. The Bertz CT molecular complexity index is 939. The van der Waals surface area contributed by atoms with E-state index in [-0.39, 0.29) is 0 Å². The molecular weight excluding hydrogens is 294 g/mol. The first-order valence-electron chi connectivity index (χ1n) is 8.05. The highest BCUT2D eigenvalue weighted by atomic mass is 15.1. The zero-order valence-electron chi connectivity index (χ0n) is 13.3. The Labute approximate surface area is 141 Å². The van der Waals surface area contributed by atoms with Gasteiger partial charge in [0.25, 0.3) is 0 Å². The average molecular weight is 313 g/mol. The topological polar surface area (TPSA) is 50.1 Å². The van der Waals surface area contributed by atoms with E-state index < -0.39 is 0 Å². The third kappa shape index (κ3) is 2.84. The van der Waals surface area contributed by atoms with Crippen LogP contribution in [0.5, 0.6) is 0 Å². The monoisotopic (exact) mass is 313 g/mol. The van der Waals surface area contributed by atoms with Crippen LogP contribution < -0.4 is 16.4 Å². The van der Waals surface area contributed by atoms with E-state index in [2.05, 4.69) is 53.1 Å².